The van der Waals surface area contributed by atoms with Gasteiger partial charge in [0.25, 0.3) is 5.91 Å². The van der Waals surface area contributed by atoms with E-state index in [1.807, 2.05) is 16.7 Å². The number of anilines is 2. The Kier molecular flexibility index (Phi) is 10.9. The Hall–Kier alpha value is -4.02. The molecule has 4 rings (SSSR count). The number of alkyl halides is 3. The molecule has 11 heteroatoms. The molecule has 44 heavy (non-hydrogen) atoms. The maximum absolute atomic E-state index is 13.3. The van der Waals surface area contributed by atoms with Crippen LogP contribution in [0.4, 0.5) is 29.3 Å². The fourth-order valence-corrected chi connectivity index (χ4v) is 5.25. The van der Waals surface area contributed by atoms with E-state index >= 15 is 0 Å². The number of nitrogens with one attached hydrogen (secondary N) is 3. The largest absolute Gasteiger partial charge is 0.417 e. The van der Waals surface area contributed by atoms with E-state index in [0.717, 1.165) is 48.7 Å². The van der Waals surface area contributed by atoms with Crippen molar-refractivity contribution in [2.45, 2.75) is 39.3 Å². The van der Waals surface area contributed by atoms with Crippen molar-refractivity contribution in [2.75, 3.05) is 36.8 Å². The first-order chi connectivity index (χ1) is 21.0. The second-order valence-corrected chi connectivity index (χ2v) is 11.4. The van der Waals surface area contributed by atoms with Gasteiger partial charge in [-0.25, -0.2) is 4.79 Å². The molecule has 2 aromatic carbocycles. The molecule has 0 unspecified atom stereocenters. The Labute approximate surface area is 260 Å². The lowest BCUT2D eigenvalue weighted by molar-refractivity contribution is -0.137. The molecule has 1 aromatic heterocycles. The molecule has 0 spiro atoms. The minimum atomic E-state index is -4.65. The number of aromatic nitrogens is 1. The van der Waals surface area contributed by atoms with E-state index in [0.29, 0.717) is 17.8 Å². The number of hydrogen-bond acceptors (Lipinski definition) is 3. The summed E-state index contributed by atoms with van der Waals surface area (Å²) in [6, 6.07) is 9.28. The number of halogens is 4. The molecular weight excluding hydrogens is 591 g/mol. The standard InChI is InChI=1S/C33H37ClF3N5O2/c1-4-30-26(14-8-22(2)3)27(31(43)38-16-19-41-17-6-5-7-18-41)21-42(30)25-12-9-23(10-13-25)39-32(44)40-24-11-15-29(34)28(20-24)33(35,36)37/h4,8-15,20-22H,1,5-7,16-19H2,2-3H3,(H,38,43)(H2,39,40,44). The normalized spacial score (nSPS) is 14.2. The van der Waals surface area contributed by atoms with Gasteiger partial charge in [-0.05, 0) is 80.4 Å². The Bertz CT molecular complexity index is 1510. The van der Waals surface area contributed by atoms with E-state index in [-0.39, 0.29) is 17.5 Å². The Balaban J connectivity index is 1.50. The van der Waals surface area contributed by atoms with Gasteiger partial charge in [0, 0.05) is 41.9 Å². The van der Waals surface area contributed by atoms with Crippen LogP contribution >= 0.6 is 11.6 Å². The van der Waals surface area contributed by atoms with Crippen molar-refractivity contribution in [3.8, 4) is 5.69 Å². The highest BCUT2D eigenvalue weighted by Gasteiger charge is 2.33. The monoisotopic (exact) mass is 627 g/mol. The summed E-state index contributed by atoms with van der Waals surface area (Å²) in [5, 5.41) is 7.63. The zero-order chi connectivity index (χ0) is 31.9. The van der Waals surface area contributed by atoms with Crippen molar-refractivity contribution in [3.05, 3.63) is 88.7 Å². The highest BCUT2D eigenvalue weighted by Crippen LogP contribution is 2.36. The molecule has 234 valence electrons. The summed E-state index contributed by atoms with van der Waals surface area (Å²) in [7, 11) is 0. The highest BCUT2D eigenvalue weighted by molar-refractivity contribution is 6.31. The second kappa shape index (κ2) is 14.6. The maximum Gasteiger partial charge on any atom is 0.417 e. The van der Waals surface area contributed by atoms with Crippen LogP contribution in [0.2, 0.25) is 5.02 Å². The van der Waals surface area contributed by atoms with E-state index < -0.39 is 22.8 Å². The molecule has 3 amide bonds. The highest BCUT2D eigenvalue weighted by atomic mass is 35.5. The van der Waals surface area contributed by atoms with Gasteiger partial charge in [0.1, 0.15) is 0 Å². The molecule has 1 saturated heterocycles. The summed E-state index contributed by atoms with van der Waals surface area (Å²) in [5.41, 5.74) is 2.07. The number of urea groups is 1. The lowest BCUT2D eigenvalue weighted by Gasteiger charge is -2.26. The number of hydrogen-bond donors (Lipinski definition) is 3. The molecule has 1 fully saturated rings. The number of benzene rings is 2. The van der Waals surface area contributed by atoms with E-state index in [4.69, 9.17) is 11.6 Å². The molecule has 1 aliphatic heterocycles. The van der Waals surface area contributed by atoms with Gasteiger partial charge in [0.2, 0.25) is 0 Å². The van der Waals surface area contributed by atoms with E-state index in [9.17, 15) is 22.8 Å². The predicted octanol–water partition coefficient (Wildman–Crippen LogP) is 8.32. The molecule has 2 heterocycles. The van der Waals surface area contributed by atoms with Crippen LogP contribution in [0.3, 0.4) is 0 Å². The van der Waals surface area contributed by atoms with Crippen LogP contribution in [0.25, 0.3) is 17.8 Å². The van der Waals surface area contributed by atoms with Gasteiger partial charge in [-0.3, -0.25) is 4.79 Å². The molecule has 0 radical (unpaired) electrons. The summed E-state index contributed by atoms with van der Waals surface area (Å²) in [4.78, 5) is 28.2. The van der Waals surface area contributed by atoms with Gasteiger partial charge < -0.3 is 25.4 Å². The number of amides is 3. The van der Waals surface area contributed by atoms with Gasteiger partial charge in [-0.15, -0.1) is 0 Å². The summed E-state index contributed by atoms with van der Waals surface area (Å²) >= 11 is 5.66. The van der Waals surface area contributed by atoms with Gasteiger partial charge >= 0.3 is 12.2 Å². The first-order valence-corrected chi connectivity index (χ1v) is 15.0. The number of allylic oxidation sites excluding steroid dienone is 1. The second-order valence-electron chi connectivity index (χ2n) is 11.0. The number of likely N-dealkylation sites (tertiary alicyclic amines) is 1. The third-order valence-electron chi connectivity index (χ3n) is 7.26. The van der Waals surface area contributed by atoms with Crippen molar-refractivity contribution in [1.29, 1.82) is 0 Å². The van der Waals surface area contributed by atoms with Crippen LogP contribution in [0.1, 0.15) is 60.3 Å². The topological polar surface area (TPSA) is 78.4 Å². The number of rotatable bonds is 10. The lowest BCUT2D eigenvalue weighted by atomic mass is 10.1. The molecule has 1 aliphatic rings. The van der Waals surface area contributed by atoms with Gasteiger partial charge in [0.05, 0.1) is 21.8 Å². The average Bonchev–Trinajstić information content (AvgIpc) is 3.36. The summed E-state index contributed by atoms with van der Waals surface area (Å²) in [6.07, 6.45) is 6.43. The van der Waals surface area contributed by atoms with Crippen LogP contribution in [-0.2, 0) is 6.18 Å². The number of nitrogens with zero attached hydrogens (tertiary/aromatic N) is 2. The van der Waals surface area contributed by atoms with Gasteiger partial charge in [-0.1, -0.05) is 50.6 Å². The predicted molar refractivity (Wildman–Crippen MR) is 171 cm³/mol. The third kappa shape index (κ3) is 8.54. The third-order valence-corrected chi connectivity index (χ3v) is 7.59. The van der Waals surface area contributed by atoms with Crippen molar-refractivity contribution in [2.24, 2.45) is 5.92 Å². The Morgan fingerprint density at radius 2 is 1.68 bits per heavy atom. The molecule has 0 atom stereocenters. The molecular formula is C33H37ClF3N5O2. The SMILES string of the molecule is C=Cc1c(C=CC(C)C)c(C(=O)NCCN2CCCCC2)cn1-c1ccc(NC(=O)Nc2ccc(Cl)c(C(F)(F)F)c2)cc1. The fraction of sp³-hybridized carbons (Fsp3) is 0.333. The van der Waals surface area contributed by atoms with Crippen LogP contribution in [0, 0.1) is 5.92 Å². The minimum Gasteiger partial charge on any atom is -0.351 e. The number of piperidine rings is 1. The molecule has 0 aliphatic carbocycles. The van der Waals surface area contributed by atoms with Crippen LogP contribution < -0.4 is 16.0 Å². The summed E-state index contributed by atoms with van der Waals surface area (Å²) in [5.74, 6) is 0.105. The fourth-order valence-electron chi connectivity index (χ4n) is 5.03. The number of carbonyl (C=O) groups excluding carboxylic acids is 2. The molecule has 3 aromatic rings. The van der Waals surface area contributed by atoms with Crippen molar-refractivity contribution >= 4 is 47.1 Å². The minimum absolute atomic E-state index is 0.0532. The van der Waals surface area contributed by atoms with Crippen molar-refractivity contribution in [1.82, 2.24) is 14.8 Å². The quantitative estimate of drug-likeness (QED) is 0.211. The molecule has 0 saturated carbocycles. The van der Waals surface area contributed by atoms with E-state index in [2.05, 4.69) is 41.3 Å². The Morgan fingerprint density at radius 1 is 1.02 bits per heavy atom. The van der Waals surface area contributed by atoms with Gasteiger partial charge in [0.15, 0.2) is 0 Å². The van der Waals surface area contributed by atoms with Gasteiger partial charge in [-0.2, -0.15) is 13.2 Å². The van der Waals surface area contributed by atoms with Crippen molar-refractivity contribution in [3.63, 3.8) is 0 Å². The first-order valence-electron chi connectivity index (χ1n) is 14.6. The number of carbonyl (C=O) groups is 2. The maximum atomic E-state index is 13.3. The molecule has 3 N–H and O–H groups in total. The zero-order valence-corrected chi connectivity index (χ0v) is 25.6. The van der Waals surface area contributed by atoms with E-state index in [1.54, 1.807) is 36.5 Å². The lowest BCUT2D eigenvalue weighted by Crippen LogP contribution is -2.37. The molecule has 7 nitrogen and oxygen atoms in total. The van der Waals surface area contributed by atoms with Crippen LogP contribution in [0.5, 0.6) is 0 Å². The summed E-state index contributed by atoms with van der Waals surface area (Å²) < 4.78 is 41.4. The average molecular weight is 628 g/mol. The molecule has 0 bridgehead atoms. The van der Waals surface area contributed by atoms with Crippen LogP contribution in [-0.4, -0.2) is 47.6 Å². The van der Waals surface area contributed by atoms with Crippen LogP contribution in [0.15, 0.2) is 61.3 Å². The smallest absolute Gasteiger partial charge is 0.351 e. The van der Waals surface area contributed by atoms with E-state index in [1.165, 1.54) is 25.3 Å². The first kappa shape index (κ1) is 32.9. The zero-order valence-electron chi connectivity index (χ0n) is 24.8. The van der Waals surface area contributed by atoms with Crippen molar-refractivity contribution < 1.29 is 22.8 Å². The summed E-state index contributed by atoms with van der Waals surface area (Å²) in [6.45, 7) is 11.6. The Morgan fingerprint density at radius 3 is 2.32 bits per heavy atom.